The van der Waals surface area contributed by atoms with E-state index in [1.54, 1.807) is 42.5 Å². The van der Waals surface area contributed by atoms with Crippen LogP contribution in [-0.2, 0) is 11.0 Å². The molecule has 1 atom stereocenters. The average molecular weight is 503 g/mol. The molecule has 10 nitrogen and oxygen atoms in total. The number of rotatable bonds is 10. The smallest absolute Gasteiger partial charge is 0.253 e. The Balaban J connectivity index is 1.56. The third kappa shape index (κ3) is 7.56. The lowest BCUT2D eigenvalue weighted by Gasteiger charge is -2.15. The zero-order valence-electron chi connectivity index (χ0n) is 19.6. The van der Waals surface area contributed by atoms with Gasteiger partial charge in [-0.05, 0) is 55.2 Å². The van der Waals surface area contributed by atoms with Gasteiger partial charge in [-0.2, -0.15) is 0 Å². The number of likely N-dealkylation sites (tertiary alicyclic amines) is 1. The maximum atomic E-state index is 12.5. The van der Waals surface area contributed by atoms with Crippen LogP contribution in [0.5, 0.6) is 5.75 Å². The Bertz CT molecular complexity index is 1120. The Kier molecular flexibility index (Phi) is 8.89. The van der Waals surface area contributed by atoms with Crippen LogP contribution in [0.15, 0.2) is 47.6 Å². The molecule has 2 aromatic carbocycles. The molecule has 1 heterocycles. The number of hydrogen-bond donors (Lipinski definition) is 4. The van der Waals surface area contributed by atoms with Crippen LogP contribution in [0, 0.1) is 0 Å². The predicted molar refractivity (Wildman–Crippen MR) is 133 cm³/mol. The number of amides is 2. The fourth-order valence-corrected chi connectivity index (χ4v) is 4.39. The molecule has 35 heavy (non-hydrogen) atoms. The van der Waals surface area contributed by atoms with Gasteiger partial charge in [-0.3, -0.25) is 14.2 Å². The first kappa shape index (κ1) is 26.2. The summed E-state index contributed by atoms with van der Waals surface area (Å²) < 4.78 is 17.5. The number of hydrogen-bond acceptors (Lipinski definition) is 6. The number of nitrogens with zero attached hydrogens (tertiary/aromatic N) is 2. The highest BCUT2D eigenvalue weighted by molar-refractivity contribution is 7.57. The topological polar surface area (TPSA) is 155 Å². The third-order valence-electron chi connectivity index (χ3n) is 5.70. The van der Waals surface area contributed by atoms with Crippen LogP contribution >= 0.6 is 7.37 Å². The molecule has 0 aromatic heterocycles. The summed E-state index contributed by atoms with van der Waals surface area (Å²) in [7, 11) is -3.21. The molecule has 11 heteroatoms. The molecule has 0 aliphatic carbocycles. The van der Waals surface area contributed by atoms with Crippen molar-refractivity contribution >= 4 is 25.0 Å². The summed E-state index contributed by atoms with van der Waals surface area (Å²) in [6.45, 7) is 3.16. The molecule has 0 bridgehead atoms. The Morgan fingerprint density at radius 2 is 1.74 bits per heavy atom. The van der Waals surface area contributed by atoms with Crippen LogP contribution in [-0.4, -0.2) is 71.7 Å². The Morgan fingerprint density at radius 1 is 1.11 bits per heavy atom. The van der Waals surface area contributed by atoms with Crippen molar-refractivity contribution in [3.63, 3.8) is 0 Å². The van der Waals surface area contributed by atoms with Gasteiger partial charge in [-0.1, -0.05) is 17.3 Å². The summed E-state index contributed by atoms with van der Waals surface area (Å²) in [5.74, 6) is 0.00580. The van der Waals surface area contributed by atoms with Crippen molar-refractivity contribution in [3.8, 4) is 5.75 Å². The van der Waals surface area contributed by atoms with Gasteiger partial charge in [0.15, 0.2) is 13.2 Å². The minimum Gasteiger partial charge on any atom is -0.491 e. The van der Waals surface area contributed by atoms with Crippen LogP contribution in [0.3, 0.4) is 0 Å². The molecule has 5 N–H and O–H groups in total. The highest BCUT2D eigenvalue weighted by atomic mass is 31.2. The SMILES string of the molecule is CP(=O)(O)CCc1ccc(/C(N)=N\O)cc1OCCNC(=O)c1ccc(C(=O)N2CCCC2)cc1. The molecular formula is C24H31N4O6P. The maximum Gasteiger partial charge on any atom is 0.253 e. The van der Waals surface area contributed by atoms with Crippen molar-refractivity contribution in [2.45, 2.75) is 19.3 Å². The maximum absolute atomic E-state index is 12.5. The van der Waals surface area contributed by atoms with Gasteiger partial charge >= 0.3 is 0 Å². The summed E-state index contributed by atoms with van der Waals surface area (Å²) in [6, 6.07) is 11.5. The van der Waals surface area contributed by atoms with Crippen LogP contribution in [0.1, 0.15) is 44.7 Å². The first-order valence-corrected chi connectivity index (χ1v) is 13.7. The molecule has 1 fully saturated rings. The van der Waals surface area contributed by atoms with Gasteiger partial charge in [0.25, 0.3) is 11.8 Å². The summed E-state index contributed by atoms with van der Waals surface area (Å²) in [4.78, 5) is 36.3. The molecular weight excluding hydrogens is 471 g/mol. The number of carbonyl (C=O) groups excluding carboxylic acids is 2. The molecule has 0 spiro atoms. The molecule has 1 aliphatic heterocycles. The number of oxime groups is 1. The van der Waals surface area contributed by atoms with E-state index >= 15 is 0 Å². The highest BCUT2D eigenvalue weighted by Gasteiger charge is 2.19. The molecule has 2 aromatic rings. The largest absolute Gasteiger partial charge is 0.491 e. The lowest BCUT2D eigenvalue weighted by Crippen LogP contribution is -2.29. The third-order valence-corrected chi connectivity index (χ3v) is 6.75. The normalized spacial score (nSPS) is 15.5. The standard InChI is InChI=1S/C24H31N4O6P/c1-35(32,33)15-10-17-4-9-20(22(25)27-31)16-21(17)34-14-11-26-23(29)18-5-7-19(8-6-18)24(30)28-12-2-3-13-28/h4-9,16,31H,2-3,10-15H2,1H3,(H2,25,27)(H,26,29)(H,32,33). The number of carbonyl (C=O) groups is 2. The number of amidine groups is 1. The Hall–Kier alpha value is -3.36. The number of nitrogens with one attached hydrogen (secondary N) is 1. The minimum atomic E-state index is -3.21. The summed E-state index contributed by atoms with van der Waals surface area (Å²) in [5.41, 5.74) is 7.78. The lowest BCUT2D eigenvalue weighted by molar-refractivity contribution is 0.0792. The van der Waals surface area contributed by atoms with Crippen molar-refractivity contribution in [2.24, 2.45) is 10.9 Å². The number of nitrogens with two attached hydrogens (primary N) is 1. The number of aryl methyl sites for hydroxylation is 1. The number of benzene rings is 2. The fraction of sp³-hybridized carbons (Fsp3) is 0.375. The minimum absolute atomic E-state index is 0.0200. The van der Waals surface area contributed by atoms with Gasteiger partial charge in [-0.25, -0.2) is 0 Å². The molecule has 2 amide bonds. The molecule has 1 saturated heterocycles. The average Bonchev–Trinajstić information content (AvgIpc) is 3.39. The van der Waals surface area contributed by atoms with Crippen molar-refractivity contribution < 1.29 is 29.0 Å². The second-order valence-corrected chi connectivity index (χ2v) is 11.1. The van der Waals surface area contributed by atoms with Gasteiger partial charge in [0.2, 0.25) is 0 Å². The van der Waals surface area contributed by atoms with Gasteiger partial charge in [-0.15, -0.1) is 0 Å². The Morgan fingerprint density at radius 3 is 2.37 bits per heavy atom. The van der Waals surface area contributed by atoms with Crippen LogP contribution < -0.4 is 15.8 Å². The molecule has 0 radical (unpaired) electrons. The van der Waals surface area contributed by atoms with Crippen LogP contribution in [0.2, 0.25) is 0 Å². The van der Waals surface area contributed by atoms with E-state index in [9.17, 15) is 19.0 Å². The van der Waals surface area contributed by atoms with Crippen molar-refractivity contribution in [1.29, 1.82) is 0 Å². The second kappa shape index (κ2) is 11.9. The molecule has 1 aliphatic rings. The molecule has 0 saturated carbocycles. The lowest BCUT2D eigenvalue weighted by atomic mass is 10.1. The van der Waals surface area contributed by atoms with E-state index in [2.05, 4.69) is 10.5 Å². The number of ether oxygens (including phenoxy) is 1. The van der Waals surface area contributed by atoms with Gasteiger partial charge in [0, 0.05) is 42.6 Å². The second-order valence-electron chi connectivity index (χ2n) is 8.51. The van der Waals surface area contributed by atoms with Crippen LogP contribution in [0.25, 0.3) is 0 Å². The van der Waals surface area contributed by atoms with E-state index < -0.39 is 7.37 Å². The summed E-state index contributed by atoms with van der Waals surface area (Å²) in [5, 5.41) is 14.7. The van der Waals surface area contributed by atoms with E-state index in [4.69, 9.17) is 15.7 Å². The molecule has 188 valence electrons. The van der Waals surface area contributed by atoms with Crippen molar-refractivity contribution in [2.75, 3.05) is 39.1 Å². The quantitative estimate of drug-likeness (QED) is 0.0970. The summed E-state index contributed by atoms with van der Waals surface area (Å²) >= 11 is 0. The molecule has 3 rings (SSSR count). The van der Waals surface area contributed by atoms with Gasteiger partial charge < -0.3 is 30.8 Å². The van der Waals surface area contributed by atoms with E-state index in [0.29, 0.717) is 34.4 Å². The highest BCUT2D eigenvalue weighted by Crippen LogP contribution is 2.36. The first-order chi connectivity index (χ1) is 16.7. The van der Waals surface area contributed by atoms with E-state index in [-0.39, 0.29) is 37.0 Å². The van der Waals surface area contributed by atoms with E-state index in [1.807, 2.05) is 4.90 Å². The van der Waals surface area contributed by atoms with Crippen molar-refractivity contribution in [1.82, 2.24) is 10.2 Å². The monoisotopic (exact) mass is 502 g/mol. The van der Waals surface area contributed by atoms with E-state index in [1.165, 1.54) is 6.66 Å². The first-order valence-electron chi connectivity index (χ1n) is 11.4. The van der Waals surface area contributed by atoms with Crippen molar-refractivity contribution in [3.05, 3.63) is 64.7 Å². The zero-order chi connectivity index (χ0) is 25.4. The predicted octanol–water partition coefficient (Wildman–Crippen LogP) is 2.27. The van der Waals surface area contributed by atoms with E-state index in [0.717, 1.165) is 25.9 Å². The van der Waals surface area contributed by atoms with Crippen LogP contribution in [0.4, 0.5) is 0 Å². The van der Waals surface area contributed by atoms with Gasteiger partial charge in [0.1, 0.15) is 12.4 Å². The summed E-state index contributed by atoms with van der Waals surface area (Å²) in [6.07, 6.45) is 2.43. The Labute approximate surface area is 204 Å². The zero-order valence-corrected chi connectivity index (χ0v) is 20.5. The molecule has 1 unspecified atom stereocenters. The fourth-order valence-electron chi connectivity index (χ4n) is 3.73. The van der Waals surface area contributed by atoms with Gasteiger partial charge in [0.05, 0.1) is 6.54 Å².